The molecule has 124 valence electrons. The Labute approximate surface area is 149 Å². The fourth-order valence-corrected chi connectivity index (χ4v) is 2.79. The highest BCUT2D eigenvalue weighted by molar-refractivity contribution is 6.31. The zero-order valence-electron chi connectivity index (χ0n) is 12.8. The number of carbonyl (C=O) groups is 2. The van der Waals surface area contributed by atoms with E-state index in [0.29, 0.717) is 27.2 Å². The Bertz CT molecular complexity index is 823. The molecule has 1 aliphatic rings. The molecule has 2 aromatic rings. The van der Waals surface area contributed by atoms with Crippen molar-refractivity contribution in [1.82, 2.24) is 0 Å². The molecule has 0 bridgehead atoms. The molecule has 0 fully saturated rings. The van der Waals surface area contributed by atoms with Crippen molar-refractivity contribution >= 4 is 46.5 Å². The molecular weight excluding hydrogens is 351 g/mol. The van der Waals surface area contributed by atoms with Crippen molar-refractivity contribution < 1.29 is 14.3 Å². The first-order chi connectivity index (χ1) is 11.4. The van der Waals surface area contributed by atoms with Crippen LogP contribution >= 0.6 is 23.2 Å². The van der Waals surface area contributed by atoms with Gasteiger partial charge in [-0.3, -0.25) is 4.79 Å². The first kappa shape index (κ1) is 16.6. The van der Waals surface area contributed by atoms with E-state index in [1.54, 1.807) is 35.2 Å². The molecule has 1 N–H and O–H groups in total. The van der Waals surface area contributed by atoms with Crippen molar-refractivity contribution in [3.63, 3.8) is 0 Å². The molecule has 24 heavy (non-hydrogen) atoms. The average Bonchev–Trinajstić information content (AvgIpc) is 2.51. The maximum absolute atomic E-state index is 12.4. The summed E-state index contributed by atoms with van der Waals surface area (Å²) in [6.45, 7) is 1.85. The maximum atomic E-state index is 12.4. The van der Waals surface area contributed by atoms with Crippen LogP contribution in [-0.4, -0.2) is 25.0 Å². The normalized spacial score (nSPS) is 13.3. The molecule has 5 nitrogen and oxygen atoms in total. The van der Waals surface area contributed by atoms with Crippen LogP contribution in [0.25, 0.3) is 0 Å². The lowest BCUT2D eigenvalue weighted by molar-refractivity contribution is -0.133. The fraction of sp³-hybridized carbons (Fsp3) is 0.176. The summed E-state index contributed by atoms with van der Waals surface area (Å²) in [6.07, 6.45) is 0. The topological polar surface area (TPSA) is 58.6 Å². The van der Waals surface area contributed by atoms with Crippen molar-refractivity contribution in [1.29, 1.82) is 0 Å². The van der Waals surface area contributed by atoms with Gasteiger partial charge < -0.3 is 15.0 Å². The number of nitrogens with zero attached hydrogens (tertiary/aromatic N) is 1. The second-order valence-electron chi connectivity index (χ2n) is 5.45. The van der Waals surface area contributed by atoms with Crippen LogP contribution in [0.3, 0.4) is 0 Å². The summed E-state index contributed by atoms with van der Waals surface area (Å²) in [5.41, 5.74) is 2.15. The third-order valence-electron chi connectivity index (χ3n) is 3.61. The van der Waals surface area contributed by atoms with Crippen LogP contribution in [0.4, 0.5) is 11.4 Å². The number of nitrogens with one attached hydrogen (secondary N) is 1. The van der Waals surface area contributed by atoms with E-state index in [1.165, 1.54) is 0 Å². The molecule has 1 aliphatic heterocycles. The van der Waals surface area contributed by atoms with Gasteiger partial charge in [0.2, 0.25) is 5.91 Å². The van der Waals surface area contributed by atoms with Gasteiger partial charge in [-0.15, -0.1) is 0 Å². The van der Waals surface area contributed by atoms with E-state index < -0.39 is 5.97 Å². The number of hydrogen-bond acceptors (Lipinski definition) is 4. The molecule has 0 saturated heterocycles. The highest BCUT2D eigenvalue weighted by atomic mass is 35.5. The number of esters is 1. The molecule has 0 unspecified atom stereocenters. The summed E-state index contributed by atoms with van der Waals surface area (Å²) in [5, 5.41) is 3.85. The molecule has 7 heteroatoms. The fourth-order valence-electron chi connectivity index (χ4n) is 2.45. The minimum Gasteiger partial charge on any atom is -0.423 e. The van der Waals surface area contributed by atoms with Gasteiger partial charge in [-0.05, 0) is 42.8 Å². The molecular formula is C17H14Cl2N2O3. The van der Waals surface area contributed by atoms with Gasteiger partial charge in [-0.2, -0.15) is 0 Å². The Hall–Kier alpha value is -2.24. The third-order valence-corrected chi connectivity index (χ3v) is 4.08. The predicted octanol–water partition coefficient (Wildman–Crippen LogP) is 3.67. The number of hydrogen-bond donors (Lipinski definition) is 1. The first-order valence-electron chi connectivity index (χ1n) is 7.23. The highest BCUT2D eigenvalue weighted by Gasteiger charge is 2.26. The van der Waals surface area contributed by atoms with E-state index >= 15 is 0 Å². The van der Waals surface area contributed by atoms with E-state index in [0.717, 1.165) is 5.56 Å². The van der Waals surface area contributed by atoms with Crippen molar-refractivity contribution in [2.75, 3.05) is 23.3 Å². The molecule has 1 amide bonds. The molecule has 3 rings (SSSR count). The lowest BCUT2D eigenvalue weighted by atomic mass is 10.2. The van der Waals surface area contributed by atoms with Crippen LogP contribution in [0.15, 0.2) is 36.4 Å². The van der Waals surface area contributed by atoms with Crippen LogP contribution in [0, 0.1) is 6.92 Å². The molecule has 0 aromatic heterocycles. The maximum Gasteiger partial charge on any atom is 0.331 e. The Kier molecular flexibility index (Phi) is 4.64. The Balaban J connectivity index is 1.78. The van der Waals surface area contributed by atoms with Gasteiger partial charge >= 0.3 is 5.97 Å². The number of carbonyl (C=O) groups excluding carboxylic acids is 2. The van der Waals surface area contributed by atoms with Gasteiger partial charge in [0.1, 0.15) is 6.54 Å². The van der Waals surface area contributed by atoms with Gasteiger partial charge in [0, 0.05) is 15.7 Å². The number of halogens is 2. The van der Waals surface area contributed by atoms with Crippen LogP contribution in [0.1, 0.15) is 5.56 Å². The minimum absolute atomic E-state index is 0.00556. The van der Waals surface area contributed by atoms with E-state index in [2.05, 4.69) is 5.32 Å². The quantitative estimate of drug-likeness (QED) is 0.666. The number of ether oxygens (including phenoxy) is 1. The SMILES string of the molecule is Cc1ccc(Cl)cc1NC(=O)CN1CC(=O)Oc2ccc(Cl)cc21. The monoisotopic (exact) mass is 364 g/mol. The van der Waals surface area contributed by atoms with Crippen LogP contribution in [0.2, 0.25) is 10.0 Å². The molecule has 2 aromatic carbocycles. The van der Waals surface area contributed by atoms with E-state index in [1.807, 2.05) is 13.0 Å². The molecule has 0 aliphatic carbocycles. The first-order valence-corrected chi connectivity index (χ1v) is 7.99. The zero-order chi connectivity index (χ0) is 17.3. The van der Waals surface area contributed by atoms with E-state index in [4.69, 9.17) is 27.9 Å². The lowest BCUT2D eigenvalue weighted by Crippen LogP contribution is -2.41. The standard InChI is InChI=1S/C17H14Cl2N2O3/c1-10-2-3-11(18)6-13(10)20-16(22)8-21-9-17(23)24-15-5-4-12(19)7-14(15)21/h2-7H,8-9H2,1H3,(H,20,22). The number of anilines is 2. The van der Waals surface area contributed by atoms with Crippen molar-refractivity contribution in [2.24, 2.45) is 0 Å². The van der Waals surface area contributed by atoms with Crippen LogP contribution in [-0.2, 0) is 9.59 Å². The summed E-state index contributed by atoms with van der Waals surface area (Å²) in [4.78, 5) is 25.7. The lowest BCUT2D eigenvalue weighted by Gasteiger charge is -2.29. The molecule has 0 radical (unpaired) electrons. The second-order valence-corrected chi connectivity index (χ2v) is 6.32. The predicted molar refractivity (Wildman–Crippen MR) is 94.1 cm³/mol. The molecule has 0 saturated carbocycles. The summed E-state index contributed by atoms with van der Waals surface area (Å²) in [5.74, 6) is -0.292. The Morgan fingerprint density at radius 3 is 2.71 bits per heavy atom. The summed E-state index contributed by atoms with van der Waals surface area (Å²) >= 11 is 12.0. The second kappa shape index (κ2) is 6.71. The Morgan fingerprint density at radius 1 is 1.21 bits per heavy atom. The van der Waals surface area contributed by atoms with Crippen molar-refractivity contribution in [3.05, 3.63) is 52.0 Å². The highest BCUT2D eigenvalue weighted by Crippen LogP contribution is 2.34. The summed E-state index contributed by atoms with van der Waals surface area (Å²) in [6, 6.07) is 10.2. The van der Waals surface area contributed by atoms with Crippen LogP contribution < -0.4 is 15.0 Å². The third kappa shape index (κ3) is 3.63. The van der Waals surface area contributed by atoms with Crippen molar-refractivity contribution in [3.8, 4) is 5.75 Å². The van der Waals surface area contributed by atoms with Gasteiger partial charge in [-0.25, -0.2) is 4.79 Å². The minimum atomic E-state index is -0.420. The summed E-state index contributed by atoms with van der Waals surface area (Å²) < 4.78 is 5.16. The molecule has 0 atom stereocenters. The van der Waals surface area contributed by atoms with Gasteiger partial charge in [0.25, 0.3) is 0 Å². The largest absolute Gasteiger partial charge is 0.423 e. The van der Waals surface area contributed by atoms with Gasteiger partial charge in [-0.1, -0.05) is 29.3 Å². The summed E-state index contributed by atoms with van der Waals surface area (Å²) in [7, 11) is 0. The van der Waals surface area contributed by atoms with E-state index in [9.17, 15) is 9.59 Å². The number of benzene rings is 2. The van der Waals surface area contributed by atoms with E-state index in [-0.39, 0.29) is 19.0 Å². The van der Waals surface area contributed by atoms with Crippen LogP contribution in [0.5, 0.6) is 5.75 Å². The number of rotatable bonds is 3. The zero-order valence-corrected chi connectivity index (χ0v) is 14.3. The number of aryl methyl sites for hydroxylation is 1. The number of amides is 1. The molecule has 1 heterocycles. The molecule has 0 spiro atoms. The van der Waals surface area contributed by atoms with Gasteiger partial charge in [0.05, 0.1) is 12.2 Å². The number of fused-ring (bicyclic) bond motifs is 1. The average molecular weight is 365 g/mol. The van der Waals surface area contributed by atoms with Gasteiger partial charge in [0.15, 0.2) is 5.75 Å². The Morgan fingerprint density at radius 2 is 1.92 bits per heavy atom. The smallest absolute Gasteiger partial charge is 0.331 e. The van der Waals surface area contributed by atoms with Crippen molar-refractivity contribution in [2.45, 2.75) is 6.92 Å².